The molecule has 0 aromatic heterocycles. The molecule has 1 rings (SSSR count). The summed E-state index contributed by atoms with van der Waals surface area (Å²) in [4.78, 5) is 13.3. The normalized spacial score (nSPS) is 12.2. The van der Waals surface area contributed by atoms with Crippen LogP contribution < -0.4 is 0 Å². The van der Waals surface area contributed by atoms with Crippen LogP contribution >= 0.6 is 11.6 Å². The molecule has 1 unspecified atom stereocenters. The van der Waals surface area contributed by atoms with Crippen LogP contribution in [0.25, 0.3) is 0 Å². The zero-order valence-corrected chi connectivity index (χ0v) is 9.90. The minimum atomic E-state index is -0.328. The third-order valence-corrected chi connectivity index (χ3v) is 2.86. The Balaban J connectivity index is 2.96. The first-order valence-electron chi connectivity index (χ1n) is 4.82. The average Bonchev–Trinajstić information content (AvgIpc) is 2.26. The van der Waals surface area contributed by atoms with Gasteiger partial charge in [0.2, 0.25) is 0 Å². The SMILES string of the molecule is CC(CCl)N(C)C(=O)c1ccc(O)cc1O. The van der Waals surface area contributed by atoms with Crippen molar-refractivity contribution in [3.63, 3.8) is 0 Å². The number of rotatable bonds is 3. The number of phenolic OH excluding ortho intramolecular Hbond substituents is 2. The summed E-state index contributed by atoms with van der Waals surface area (Å²) in [6, 6.07) is 3.74. The summed E-state index contributed by atoms with van der Waals surface area (Å²) in [5, 5.41) is 18.6. The first kappa shape index (κ1) is 12.6. The zero-order chi connectivity index (χ0) is 12.3. The van der Waals surface area contributed by atoms with Crippen LogP contribution in [0.1, 0.15) is 17.3 Å². The van der Waals surface area contributed by atoms with E-state index in [0.29, 0.717) is 5.88 Å². The maximum absolute atomic E-state index is 11.9. The lowest BCUT2D eigenvalue weighted by Crippen LogP contribution is -2.36. The topological polar surface area (TPSA) is 60.8 Å². The number of aromatic hydroxyl groups is 2. The second-order valence-corrected chi connectivity index (χ2v) is 3.93. The van der Waals surface area contributed by atoms with Crippen molar-refractivity contribution in [2.24, 2.45) is 0 Å². The van der Waals surface area contributed by atoms with E-state index in [2.05, 4.69) is 0 Å². The van der Waals surface area contributed by atoms with Gasteiger partial charge in [0.15, 0.2) is 0 Å². The van der Waals surface area contributed by atoms with Crippen LogP contribution in [-0.4, -0.2) is 40.0 Å². The second-order valence-electron chi connectivity index (χ2n) is 3.62. The molecule has 1 atom stereocenters. The van der Waals surface area contributed by atoms with Gasteiger partial charge in [0, 0.05) is 25.0 Å². The van der Waals surface area contributed by atoms with Gasteiger partial charge in [0.05, 0.1) is 5.56 Å². The Kier molecular flexibility index (Phi) is 4.01. The molecule has 2 N–H and O–H groups in total. The third-order valence-electron chi connectivity index (χ3n) is 2.42. The summed E-state index contributed by atoms with van der Waals surface area (Å²) in [6.07, 6.45) is 0. The summed E-state index contributed by atoms with van der Waals surface area (Å²) in [5.41, 5.74) is 0.150. The van der Waals surface area contributed by atoms with E-state index in [0.717, 1.165) is 6.07 Å². The van der Waals surface area contributed by atoms with Crippen LogP contribution in [0.15, 0.2) is 18.2 Å². The number of amides is 1. The predicted octanol–water partition coefficient (Wildman–Crippen LogP) is 1.80. The van der Waals surface area contributed by atoms with Crippen molar-refractivity contribution in [1.82, 2.24) is 4.90 Å². The van der Waals surface area contributed by atoms with Crippen LogP contribution in [0, 0.1) is 0 Å². The monoisotopic (exact) mass is 243 g/mol. The van der Waals surface area contributed by atoms with Crippen LogP contribution in [-0.2, 0) is 0 Å². The molecule has 0 saturated carbocycles. The summed E-state index contributed by atoms with van der Waals surface area (Å²) in [5.74, 6) is -0.326. The fraction of sp³-hybridized carbons (Fsp3) is 0.364. The predicted molar refractivity (Wildman–Crippen MR) is 62.0 cm³/mol. The summed E-state index contributed by atoms with van der Waals surface area (Å²) >= 11 is 5.65. The van der Waals surface area contributed by atoms with E-state index in [1.807, 2.05) is 6.92 Å². The van der Waals surface area contributed by atoms with Crippen LogP contribution in [0.3, 0.4) is 0 Å². The molecule has 0 saturated heterocycles. The average molecular weight is 244 g/mol. The van der Waals surface area contributed by atoms with Gasteiger partial charge in [-0.1, -0.05) is 0 Å². The number of halogens is 1. The van der Waals surface area contributed by atoms with Crippen molar-refractivity contribution in [2.75, 3.05) is 12.9 Å². The molecule has 0 aliphatic rings. The highest BCUT2D eigenvalue weighted by molar-refractivity contribution is 6.18. The van der Waals surface area contributed by atoms with E-state index in [-0.39, 0.29) is 29.0 Å². The lowest BCUT2D eigenvalue weighted by Gasteiger charge is -2.23. The number of hydrogen-bond donors (Lipinski definition) is 2. The van der Waals surface area contributed by atoms with Crippen LogP contribution in [0.5, 0.6) is 11.5 Å². The highest BCUT2D eigenvalue weighted by Crippen LogP contribution is 2.24. The molecule has 0 radical (unpaired) electrons. The maximum atomic E-state index is 11.9. The Labute approximate surface area is 99.1 Å². The van der Waals surface area contributed by atoms with Crippen molar-refractivity contribution in [2.45, 2.75) is 13.0 Å². The number of alkyl halides is 1. The number of hydrogen-bond acceptors (Lipinski definition) is 3. The molecular formula is C11H14ClNO3. The molecule has 0 aliphatic carbocycles. The smallest absolute Gasteiger partial charge is 0.257 e. The highest BCUT2D eigenvalue weighted by Gasteiger charge is 2.19. The van der Waals surface area contributed by atoms with Crippen molar-refractivity contribution in [3.05, 3.63) is 23.8 Å². The van der Waals surface area contributed by atoms with Gasteiger partial charge in [-0.25, -0.2) is 0 Å². The van der Waals surface area contributed by atoms with Gasteiger partial charge in [0.25, 0.3) is 5.91 Å². The Bertz CT molecular complexity index is 395. The largest absolute Gasteiger partial charge is 0.508 e. The van der Waals surface area contributed by atoms with Crippen molar-refractivity contribution >= 4 is 17.5 Å². The zero-order valence-electron chi connectivity index (χ0n) is 9.14. The standard InChI is InChI=1S/C11H14ClNO3/c1-7(6-12)13(2)11(16)9-4-3-8(14)5-10(9)15/h3-5,7,14-15H,6H2,1-2H3. The molecule has 4 nitrogen and oxygen atoms in total. The Hall–Kier alpha value is -1.42. The number of benzene rings is 1. The van der Waals surface area contributed by atoms with Crippen molar-refractivity contribution < 1.29 is 15.0 Å². The van der Waals surface area contributed by atoms with E-state index in [9.17, 15) is 9.90 Å². The summed E-state index contributed by atoms with van der Waals surface area (Å²) in [7, 11) is 1.61. The van der Waals surface area contributed by atoms with E-state index < -0.39 is 0 Å². The lowest BCUT2D eigenvalue weighted by atomic mass is 10.1. The Morgan fingerprint density at radius 1 is 1.50 bits per heavy atom. The minimum Gasteiger partial charge on any atom is -0.508 e. The lowest BCUT2D eigenvalue weighted by molar-refractivity contribution is 0.0753. The van der Waals surface area contributed by atoms with Gasteiger partial charge in [-0.2, -0.15) is 0 Å². The van der Waals surface area contributed by atoms with Crippen LogP contribution in [0.4, 0.5) is 0 Å². The molecule has 0 bridgehead atoms. The van der Waals surface area contributed by atoms with Gasteiger partial charge >= 0.3 is 0 Å². The molecule has 1 amide bonds. The molecule has 0 heterocycles. The van der Waals surface area contributed by atoms with E-state index in [1.54, 1.807) is 7.05 Å². The van der Waals surface area contributed by atoms with Crippen molar-refractivity contribution in [1.29, 1.82) is 0 Å². The minimum absolute atomic E-state index is 0.0814. The second kappa shape index (κ2) is 5.07. The van der Waals surface area contributed by atoms with Crippen molar-refractivity contribution in [3.8, 4) is 11.5 Å². The fourth-order valence-corrected chi connectivity index (χ4v) is 1.40. The molecule has 1 aromatic carbocycles. The molecule has 0 fully saturated rings. The molecule has 5 heteroatoms. The molecular weight excluding hydrogens is 230 g/mol. The molecule has 16 heavy (non-hydrogen) atoms. The number of nitrogens with zero attached hydrogens (tertiary/aromatic N) is 1. The van der Waals surface area contributed by atoms with Crippen LogP contribution in [0.2, 0.25) is 0 Å². The number of carbonyl (C=O) groups is 1. The highest BCUT2D eigenvalue weighted by atomic mass is 35.5. The quantitative estimate of drug-likeness (QED) is 0.796. The first-order chi connectivity index (χ1) is 7.47. The summed E-state index contributed by atoms with van der Waals surface area (Å²) in [6.45, 7) is 1.81. The molecule has 88 valence electrons. The van der Waals surface area contributed by atoms with E-state index in [1.165, 1.54) is 17.0 Å². The first-order valence-corrected chi connectivity index (χ1v) is 5.36. The summed E-state index contributed by atoms with van der Waals surface area (Å²) < 4.78 is 0. The number of carbonyl (C=O) groups excluding carboxylic acids is 1. The molecule has 0 aliphatic heterocycles. The van der Waals surface area contributed by atoms with Gasteiger partial charge in [-0.15, -0.1) is 11.6 Å². The fourth-order valence-electron chi connectivity index (χ4n) is 1.19. The van der Waals surface area contributed by atoms with Gasteiger partial charge in [-0.05, 0) is 19.1 Å². The Morgan fingerprint density at radius 2 is 2.12 bits per heavy atom. The number of phenols is 2. The van der Waals surface area contributed by atoms with Gasteiger partial charge in [0.1, 0.15) is 11.5 Å². The molecule has 1 aromatic rings. The Morgan fingerprint density at radius 3 is 2.62 bits per heavy atom. The van der Waals surface area contributed by atoms with E-state index >= 15 is 0 Å². The van der Waals surface area contributed by atoms with Gasteiger partial charge < -0.3 is 15.1 Å². The third kappa shape index (κ3) is 2.58. The maximum Gasteiger partial charge on any atom is 0.257 e. The van der Waals surface area contributed by atoms with E-state index in [4.69, 9.17) is 16.7 Å². The van der Waals surface area contributed by atoms with Gasteiger partial charge in [-0.3, -0.25) is 4.79 Å². The molecule has 0 spiro atoms.